The van der Waals surface area contributed by atoms with Crippen molar-refractivity contribution in [3.63, 3.8) is 0 Å². The van der Waals surface area contributed by atoms with Gasteiger partial charge in [0, 0.05) is 18.1 Å². The maximum Gasteiger partial charge on any atom is 0.0524 e. The highest BCUT2D eigenvalue weighted by molar-refractivity contribution is 4.94. The molecular formula is C11H22N2O. The Balaban J connectivity index is 1.67. The first-order valence-electron chi connectivity index (χ1n) is 5.91. The quantitative estimate of drug-likeness (QED) is 0.621. The van der Waals surface area contributed by atoms with Gasteiger partial charge in [0.25, 0.3) is 0 Å². The first-order chi connectivity index (χ1) is 6.74. The molecule has 4 atom stereocenters. The highest BCUT2D eigenvalue weighted by Crippen LogP contribution is 2.26. The number of rotatable bonds is 4. The standard InChI is InChI=1S/C11H22N2O/c1-8(14)4-5-12-11-6-9-2-3-10(7-11)13-9/h8-14H,2-7H2,1H3/t8?,9-,10+,11?. The smallest absolute Gasteiger partial charge is 0.0524 e. The molecule has 3 heteroatoms. The number of aliphatic hydroxyl groups is 1. The van der Waals surface area contributed by atoms with Gasteiger partial charge < -0.3 is 15.7 Å². The molecule has 2 saturated heterocycles. The van der Waals surface area contributed by atoms with Crippen molar-refractivity contribution in [2.45, 2.75) is 63.3 Å². The summed E-state index contributed by atoms with van der Waals surface area (Å²) in [5.74, 6) is 0. The van der Waals surface area contributed by atoms with E-state index in [9.17, 15) is 0 Å². The van der Waals surface area contributed by atoms with Crippen molar-refractivity contribution in [1.82, 2.24) is 10.6 Å². The number of aliphatic hydroxyl groups excluding tert-OH is 1. The van der Waals surface area contributed by atoms with Crippen LogP contribution < -0.4 is 10.6 Å². The molecule has 0 aromatic rings. The normalized spacial score (nSPS) is 38.6. The molecule has 0 aromatic carbocycles. The van der Waals surface area contributed by atoms with Crippen LogP contribution in [0.3, 0.4) is 0 Å². The Kier molecular flexibility index (Phi) is 3.42. The third-order valence-electron chi connectivity index (χ3n) is 3.47. The molecule has 0 aromatic heterocycles. The van der Waals surface area contributed by atoms with Gasteiger partial charge in [0.2, 0.25) is 0 Å². The number of hydrogen-bond donors (Lipinski definition) is 3. The predicted octanol–water partition coefficient (Wildman–Crippen LogP) is 0.630. The minimum absolute atomic E-state index is 0.166. The molecule has 3 nitrogen and oxygen atoms in total. The van der Waals surface area contributed by atoms with Crippen LogP contribution in [0, 0.1) is 0 Å². The molecule has 0 amide bonds. The summed E-state index contributed by atoms with van der Waals surface area (Å²) in [7, 11) is 0. The van der Waals surface area contributed by atoms with Crippen LogP contribution in [-0.4, -0.2) is 35.9 Å². The van der Waals surface area contributed by atoms with Crippen molar-refractivity contribution in [2.24, 2.45) is 0 Å². The zero-order chi connectivity index (χ0) is 9.97. The van der Waals surface area contributed by atoms with Gasteiger partial charge >= 0.3 is 0 Å². The highest BCUT2D eigenvalue weighted by atomic mass is 16.3. The lowest BCUT2D eigenvalue weighted by Gasteiger charge is -2.30. The van der Waals surface area contributed by atoms with E-state index in [1.807, 2.05) is 6.92 Å². The molecule has 3 N–H and O–H groups in total. The van der Waals surface area contributed by atoms with E-state index in [2.05, 4.69) is 10.6 Å². The molecule has 0 saturated carbocycles. The Morgan fingerprint density at radius 1 is 1.36 bits per heavy atom. The van der Waals surface area contributed by atoms with Gasteiger partial charge in [-0.15, -0.1) is 0 Å². The minimum atomic E-state index is -0.166. The average molecular weight is 198 g/mol. The number of hydrogen-bond acceptors (Lipinski definition) is 3. The highest BCUT2D eigenvalue weighted by Gasteiger charge is 2.32. The third-order valence-corrected chi connectivity index (χ3v) is 3.47. The Labute approximate surface area is 86.3 Å². The lowest BCUT2D eigenvalue weighted by atomic mass is 10.00. The second-order valence-electron chi connectivity index (χ2n) is 4.90. The molecule has 2 rings (SSSR count). The van der Waals surface area contributed by atoms with Gasteiger partial charge in [-0.1, -0.05) is 0 Å². The van der Waals surface area contributed by atoms with E-state index < -0.39 is 0 Å². The molecule has 2 fully saturated rings. The molecule has 0 radical (unpaired) electrons. The third kappa shape index (κ3) is 2.69. The first-order valence-corrected chi connectivity index (χ1v) is 5.91. The van der Waals surface area contributed by atoms with Gasteiger partial charge in [0.15, 0.2) is 0 Å². The predicted molar refractivity (Wildman–Crippen MR) is 57.3 cm³/mol. The largest absolute Gasteiger partial charge is 0.393 e. The molecule has 82 valence electrons. The fraction of sp³-hybridized carbons (Fsp3) is 1.00. The van der Waals surface area contributed by atoms with Crippen LogP contribution in [0.4, 0.5) is 0 Å². The molecule has 14 heavy (non-hydrogen) atoms. The summed E-state index contributed by atoms with van der Waals surface area (Å²) in [6.45, 7) is 2.82. The second-order valence-corrected chi connectivity index (χ2v) is 4.90. The SMILES string of the molecule is CC(O)CCNC1C[C@H]2CC[C@@H](C1)N2. The van der Waals surface area contributed by atoms with E-state index in [1.165, 1.54) is 25.7 Å². The Morgan fingerprint density at radius 3 is 2.57 bits per heavy atom. The summed E-state index contributed by atoms with van der Waals surface area (Å²) in [5.41, 5.74) is 0. The molecule has 0 aliphatic carbocycles. The van der Waals surface area contributed by atoms with Crippen molar-refractivity contribution in [2.75, 3.05) is 6.54 Å². The van der Waals surface area contributed by atoms with Crippen LogP contribution >= 0.6 is 0 Å². The van der Waals surface area contributed by atoms with Crippen molar-refractivity contribution in [3.8, 4) is 0 Å². The summed E-state index contributed by atoms with van der Waals surface area (Å²) in [6.07, 6.45) is 5.98. The lowest BCUT2D eigenvalue weighted by molar-refractivity contribution is 0.180. The molecular weight excluding hydrogens is 176 g/mol. The van der Waals surface area contributed by atoms with Crippen molar-refractivity contribution in [3.05, 3.63) is 0 Å². The summed E-state index contributed by atoms with van der Waals surface area (Å²) >= 11 is 0. The Morgan fingerprint density at radius 2 is 2.00 bits per heavy atom. The lowest BCUT2D eigenvalue weighted by Crippen LogP contribution is -2.46. The van der Waals surface area contributed by atoms with Crippen LogP contribution in [-0.2, 0) is 0 Å². The van der Waals surface area contributed by atoms with Gasteiger partial charge in [0.1, 0.15) is 0 Å². The molecule has 0 spiro atoms. The van der Waals surface area contributed by atoms with Crippen LogP contribution in [0.2, 0.25) is 0 Å². The van der Waals surface area contributed by atoms with Gasteiger partial charge in [0.05, 0.1) is 6.10 Å². The number of nitrogens with one attached hydrogen (secondary N) is 2. The summed E-state index contributed by atoms with van der Waals surface area (Å²) in [5, 5.41) is 16.3. The van der Waals surface area contributed by atoms with E-state index >= 15 is 0 Å². The Bertz CT molecular complexity index is 172. The second kappa shape index (κ2) is 4.60. The maximum absolute atomic E-state index is 9.15. The van der Waals surface area contributed by atoms with Crippen molar-refractivity contribution in [1.29, 1.82) is 0 Å². The van der Waals surface area contributed by atoms with Crippen molar-refractivity contribution < 1.29 is 5.11 Å². The molecule has 2 unspecified atom stereocenters. The fourth-order valence-electron chi connectivity index (χ4n) is 2.72. The van der Waals surface area contributed by atoms with Crippen molar-refractivity contribution >= 4 is 0 Å². The van der Waals surface area contributed by atoms with E-state index in [0.29, 0.717) is 6.04 Å². The topological polar surface area (TPSA) is 44.3 Å². The monoisotopic (exact) mass is 198 g/mol. The zero-order valence-electron chi connectivity index (χ0n) is 9.00. The average Bonchev–Trinajstić information content (AvgIpc) is 2.45. The minimum Gasteiger partial charge on any atom is -0.393 e. The molecule has 2 aliphatic rings. The van der Waals surface area contributed by atoms with Gasteiger partial charge in [-0.25, -0.2) is 0 Å². The maximum atomic E-state index is 9.15. The van der Waals surface area contributed by atoms with Crippen LogP contribution in [0.25, 0.3) is 0 Å². The summed E-state index contributed by atoms with van der Waals surface area (Å²) < 4.78 is 0. The van der Waals surface area contributed by atoms with Gasteiger partial charge in [-0.3, -0.25) is 0 Å². The summed E-state index contributed by atoms with van der Waals surface area (Å²) in [6, 6.07) is 2.21. The van der Waals surface area contributed by atoms with E-state index in [1.54, 1.807) is 0 Å². The van der Waals surface area contributed by atoms with Gasteiger partial charge in [-0.2, -0.15) is 0 Å². The molecule has 2 heterocycles. The number of piperidine rings is 1. The van der Waals surface area contributed by atoms with Gasteiger partial charge in [-0.05, 0) is 45.6 Å². The number of fused-ring (bicyclic) bond motifs is 2. The van der Waals surface area contributed by atoms with Crippen LogP contribution in [0.1, 0.15) is 39.0 Å². The first kappa shape index (κ1) is 10.4. The van der Waals surface area contributed by atoms with Crippen LogP contribution in [0.5, 0.6) is 0 Å². The van der Waals surface area contributed by atoms with E-state index in [4.69, 9.17) is 5.11 Å². The molecule has 2 bridgehead atoms. The van der Waals surface area contributed by atoms with E-state index in [0.717, 1.165) is 25.0 Å². The van der Waals surface area contributed by atoms with Crippen LogP contribution in [0.15, 0.2) is 0 Å². The summed E-state index contributed by atoms with van der Waals surface area (Å²) in [4.78, 5) is 0. The Hall–Kier alpha value is -0.120. The molecule has 2 aliphatic heterocycles. The zero-order valence-corrected chi connectivity index (χ0v) is 9.00. The van der Waals surface area contributed by atoms with E-state index in [-0.39, 0.29) is 6.10 Å². The fourth-order valence-corrected chi connectivity index (χ4v) is 2.72.